The number of para-hydroxylation sites is 1. The summed E-state index contributed by atoms with van der Waals surface area (Å²) < 4.78 is 14.3. The van der Waals surface area contributed by atoms with Crippen molar-refractivity contribution in [3.05, 3.63) is 65.3 Å². The van der Waals surface area contributed by atoms with Crippen LogP contribution in [0.4, 0.5) is 21.7 Å². The molecule has 0 saturated heterocycles. The van der Waals surface area contributed by atoms with Crippen molar-refractivity contribution in [3.8, 4) is 11.3 Å². The Hall–Kier alpha value is -3.52. The van der Waals surface area contributed by atoms with Crippen LogP contribution < -0.4 is 16.0 Å². The van der Waals surface area contributed by atoms with Crippen LogP contribution in [0.3, 0.4) is 0 Å². The van der Waals surface area contributed by atoms with E-state index in [9.17, 15) is 4.39 Å². The predicted octanol–water partition coefficient (Wildman–Crippen LogP) is 4.29. The summed E-state index contributed by atoms with van der Waals surface area (Å²) in [7, 11) is 0. The summed E-state index contributed by atoms with van der Waals surface area (Å²) in [6.07, 6.45) is 1.48. The molecule has 9 heteroatoms. The molecule has 3 N–H and O–H groups in total. The minimum absolute atomic E-state index is 0.208. The van der Waals surface area contributed by atoms with Gasteiger partial charge in [0.25, 0.3) is 0 Å². The Balaban J connectivity index is 1.60. The highest BCUT2D eigenvalue weighted by atomic mass is 35.5. The quantitative estimate of drug-likeness (QED) is 0.465. The molecule has 3 heterocycles. The summed E-state index contributed by atoms with van der Waals surface area (Å²) in [5.74, 6) is 0.957. The van der Waals surface area contributed by atoms with E-state index in [1.165, 1.54) is 12.4 Å². The Bertz CT molecular complexity index is 1230. The fourth-order valence-corrected chi connectivity index (χ4v) is 3.50. The molecule has 1 aliphatic heterocycles. The lowest BCUT2D eigenvalue weighted by Crippen LogP contribution is -2.09. The summed E-state index contributed by atoms with van der Waals surface area (Å²) in [6, 6.07) is 12.0. The Morgan fingerprint density at radius 1 is 1.03 bits per heavy atom. The normalized spacial score (nSPS) is 12.3. The molecule has 0 unspecified atom stereocenters. The zero-order valence-electron chi connectivity index (χ0n) is 15.1. The van der Waals surface area contributed by atoms with Crippen LogP contribution in [0, 0.1) is 5.82 Å². The van der Waals surface area contributed by atoms with Crippen molar-refractivity contribution >= 4 is 40.0 Å². The lowest BCUT2D eigenvalue weighted by Gasteiger charge is -2.13. The minimum Gasteiger partial charge on any atom is -0.362 e. The molecule has 5 rings (SSSR count). The van der Waals surface area contributed by atoms with Crippen molar-refractivity contribution in [1.82, 2.24) is 19.9 Å². The Labute approximate surface area is 170 Å². The third-order valence-electron chi connectivity index (χ3n) is 4.64. The van der Waals surface area contributed by atoms with Crippen molar-refractivity contribution in [2.24, 2.45) is 0 Å². The molecule has 0 atom stereocenters. The number of anilines is 3. The Kier molecular flexibility index (Phi) is 4.33. The SMILES string of the molecule is Fc1cccc2nc(CNc3ncnc4c3NCN4)c(-c3ccccc3Cl)nc12. The second-order valence-electron chi connectivity index (χ2n) is 6.44. The maximum atomic E-state index is 14.3. The number of fused-ring (bicyclic) bond motifs is 2. The Morgan fingerprint density at radius 3 is 2.83 bits per heavy atom. The fraction of sp³-hybridized carbons (Fsp3) is 0.100. The van der Waals surface area contributed by atoms with Crippen molar-refractivity contribution < 1.29 is 4.39 Å². The highest BCUT2D eigenvalue weighted by Crippen LogP contribution is 2.32. The van der Waals surface area contributed by atoms with Gasteiger partial charge in [-0.05, 0) is 18.2 Å². The minimum atomic E-state index is -0.424. The number of benzene rings is 2. The van der Waals surface area contributed by atoms with Gasteiger partial charge in [-0.25, -0.2) is 24.3 Å². The van der Waals surface area contributed by atoms with E-state index in [2.05, 4.69) is 35.9 Å². The van der Waals surface area contributed by atoms with Crippen molar-refractivity contribution in [2.75, 3.05) is 22.6 Å². The van der Waals surface area contributed by atoms with Gasteiger partial charge in [-0.1, -0.05) is 35.9 Å². The number of nitrogens with one attached hydrogen (secondary N) is 3. The molecule has 0 bridgehead atoms. The largest absolute Gasteiger partial charge is 0.362 e. The second kappa shape index (κ2) is 7.14. The first-order chi connectivity index (χ1) is 14.2. The van der Waals surface area contributed by atoms with Crippen LogP contribution in [-0.2, 0) is 6.54 Å². The van der Waals surface area contributed by atoms with Crippen molar-refractivity contribution in [1.29, 1.82) is 0 Å². The van der Waals surface area contributed by atoms with E-state index >= 15 is 0 Å². The monoisotopic (exact) mass is 407 g/mol. The van der Waals surface area contributed by atoms with Crippen LogP contribution in [-0.4, -0.2) is 26.6 Å². The van der Waals surface area contributed by atoms with E-state index < -0.39 is 5.82 Å². The first-order valence-electron chi connectivity index (χ1n) is 8.97. The van der Waals surface area contributed by atoms with E-state index in [1.54, 1.807) is 18.2 Å². The number of nitrogens with zero attached hydrogens (tertiary/aromatic N) is 4. The van der Waals surface area contributed by atoms with E-state index in [4.69, 9.17) is 11.6 Å². The maximum absolute atomic E-state index is 14.3. The summed E-state index contributed by atoms with van der Waals surface area (Å²) in [5, 5.41) is 10.1. The number of hydrogen-bond acceptors (Lipinski definition) is 7. The molecule has 29 heavy (non-hydrogen) atoms. The van der Waals surface area contributed by atoms with Gasteiger partial charge in [0.2, 0.25) is 0 Å². The van der Waals surface area contributed by atoms with Gasteiger partial charge in [0.15, 0.2) is 17.5 Å². The first-order valence-corrected chi connectivity index (χ1v) is 9.35. The van der Waals surface area contributed by atoms with Gasteiger partial charge in [-0.3, -0.25) is 0 Å². The highest BCUT2D eigenvalue weighted by Gasteiger charge is 2.18. The molecule has 1 aliphatic rings. The summed E-state index contributed by atoms with van der Waals surface area (Å²) in [6.45, 7) is 0.910. The topological polar surface area (TPSA) is 87.7 Å². The van der Waals surface area contributed by atoms with E-state index in [1.807, 2.05) is 18.2 Å². The molecule has 4 aromatic rings. The lowest BCUT2D eigenvalue weighted by molar-refractivity contribution is 0.636. The summed E-state index contributed by atoms with van der Waals surface area (Å²) in [4.78, 5) is 17.7. The molecule has 0 radical (unpaired) electrons. The smallest absolute Gasteiger partial charge is 0.156 e. The molecule has 7 nitrogen and oxygen atoms in total. The molecule has 2 aromatic heterocycles. The number of aromatic nitrogens is 4. The molecular weight excluding hydrogens is 393 g/mol. The number of halogens is 2. The van der Waals surface area contributed by atoms with Crippen LogP contribution in [0.1, 0.15) is 5.69 Å². The van der Waals surface area contributed by atoms with Crippen LogP contribution in [0.25, 0.3) is 22.3 Å². The van der Waals surface area contributed by atoms with Crippen molar-refractivity contribution in [3.63, 3.8) is 0 Å². The van der Waals surface area contributed by atoms with Crippen LogP contribution in [0.5, 0.6) is 0 Å². The van der Waals surface area contributed by atoms with E-state index in [-0.39, 0.29) is 5.52 Å². The van der Waals surface area contributed by atoms with Gasteiger partial charge >= 0.3 is 0 Å². The van der Waals surface area contributed by atoms with Gasteiger partial charge in [-0.2, -0.15) is 0 Å². The van der Waals surface area contributed by atoms with Crippen LogP contribution in [0.15, 0.2) is 48.8 Å². The molecule has 0 amide bonds. The van der Waals surface area contributed by atoms with Gasteiger partial charge in [0, 0.05) is 5.56 Å². The Morgan fingerprint density at radius 2 is 1.93 bits per heavy atom. The molecular formula is C20H15ClFN7. The zero-order valence-corrected chi connectivity index (χ0v) is 15.8. The fourth-order valence-electron chi connectivity index (χ4n) is 3.28. The molecule has 2 aromatic carbocycles. The third kappa shape index (κ3) is 3.17. The summed E-state index contributed by atoms with van der Waals surface area (Å²) >= 11 is 6.39. The highest BCUT2D eigenvalue weighted by molar-refractivity contribution is 6.33. The third-order valence-corrected chi connectivity index (χ3v) is 4.97. The molecule has 144 valence electrons. The number of rotatable bonds is 4. The first kappa shape index (κ1) is 17.6. The number of hydrogen-bond donors (Lipinski definition) is 3. The second-order valence-corrected chi connectivity index (χ2v) is 6.84. The zero-order chi connectivity index (χ0) is 19.8. The predicted molar refractivity (Wildman–Crippen MR) is 111 cm³/mol. The average molecular weight is 408 g/mol. The lowest BCUT2D eigenvalue weighted by atomic mass is 10.1. The van der Waals surface area contributed by atoms with E-state index in [0.29, 0.717) is 46.5 Å². The van der Waals surface area contributed by atoms with Gasteiger partial charge in [0.1, 0.15) is 17.5 Å². The van der Waals surface area contributed by atoms with Gasteiger partial charge in [0.05, 0.1) is 35.1 Å². The van der Waals surface area contributed by atoms with Crippen molar-refractivity contribution in [2.45, 2.75) is 6.54 Å². The van der Waals surface area contributed by atoms with Gasteiger partial charge < -0.3 is 16.0 Å². The molecule has 0 aliphatic carbocycles. The molecule has 0 saturated carbocycles. The van der Waals surface area contributed by atoms with Gasteiger partial charge in [-0.15, -0.1) is 0 Å². The maximum Gasteiger partial charge on any atom is 0.156 e. The van der Waals surface area contributed by atoms with Crippen LogP contribution in [0.2, 0.25) is 5.02 Å². The average Bonchev–Trinajstić information content (AvgIpc) is 3.22. The summed E-state index contributed by atoms with van der Waals surface area (Å²) in [5.41, 5.74) is 3.33. The molecule has 0 fully saturated rings. The van der Waals surface area contributed by atoms with Crippen LogP contribution >= 0.6 is 11.6 Å². The standard InChI is InChI=1S/C20H15ClFN7/c21-12-5-2-1-4-11(12)16-15(28-14-7-3-6-13(22)17(14)29-16)8-23-19-18-20(25-9-24-18)27-10-26-19/h1-7,10,24H,8-9H2,(H2,23,25,26,27). The van der Waals surface area contributed by atoms with E-state index in [0.717, 1.165) is 11.5 Å². The molecule has 0 spiro atoms.